The van der Waals surface area contributed by atoms with E-state index in [1.165, 1.54) is 51.4 Å². The van der Waals surface area contributed by atoms with E-state index in [0.717, 1.165) is 23.5 Å². The van der Waals surface area contributed by atoms with Crippen LogP contribution in [0.3, 0.4) is 0 Å². The summed E-state index contributed by atoms with van der Waals surface area (Å²) in [6.07, 6.45) is 15.3. The molecule has 3 saturated carbocycles. The molecule has 0 unspecified atom stereocenters. The summed E-state index contributed by atoms with van der Waals surface area (Å²) in [7, 11) is 0. The molecule has 0 aromatic carbocycles. The summed E-state index contributed by atoms with van der Waals surface area (Å²) < 4.78 is 0. The molecule has 0 radical (unpaired) electrons. The van der Waals surface area contributed by atoms with E-state index < -0.39 is 12.2 Å². The highest BCUT2D eigenvalue weighted by Crippen LogP contribution is 2.60. The number of allylic oxidation sites excluding steroid dienone is 3. The average molecular weight is 431 g/mol. The predicted octanol–water partition coefficient (Wildman–Crippen LogP) is 5.95. The lowest BCUT2D eigenvalue weighted by Crippen LogP contribution is -2.38. The first-order valence-electron chi connectivity index (χ1n) is 12.9. The van der Waals surface area contributed by atoms with Crippen molar-refractivity contribution in [2.24, 2.45) is 29.1 Å². The Morgan fingerprint density at radius 1 is 1.19 bits per heavy atom. The van der Waals surface area contributed by atoms with Crippen LogP contribution < -0.4 is 0 Å². The van der Waals surface area contributed by atoms with Crippen LogP contribution in [0.5, 0.6) is 0 Å². The maximum atomic E-state index is 10.2. The number of fused-ring (bicyclic) bond motifs is 1. The third-order valence-corrected chi connectivity index (χ3v) is 9.11. The molecule has 0 aromatic rings. The smallest absolute Gasteiger partial charge is 0.0811 e. The molecular formula is C28H46O3. The fraction of sp³-hybridized carbons (Fsp3) is 0.786. The van der Waals surface area contributed by atoms with Crippen molar-refractivity contribution in [1.29, 1.82) is 0 Å². The van der Waals surface area contributed by atoms with Crippen molar-refractivity contribution in [2.45, 2.75) is 104 Å². The monoisotopic (exact) mass is 430 g/mol. The summed E-state index contributed by atoms with van der Waals surface area (Å²) >= 11 is 0. The van der Waals surface area contributed by atoms with Gasteiger partial charge in [-0.1, -0.05) is 64.3 Å². The average Bonchev–Trinajstić information content (AvgIpc) is 3.09. The Kier molecular flexibility index (Phi) is 8.63. The highest BCUT2D eigenvalue weighted by atomic mass is 16.3. The fourth-order valence-corrected chi connectivity index (χ4v) is 7.24. The molecule has 0 spiro atoms. The zero-order chi connectivity index (χ0) is 22.6. The molecule has 3 heteroatoms. The van der Waals surface area contributed by atoms with Crippen LogP contribution >= 0.6 is 0 Å². The standard InChI is InChI=1S/C28H46O3/c1-5-6-8-21(14-16-29)19(2)25-12-13-26-22(9-7-15-28(25,26)4)10-11-23-17-24(30)18-27(31)20(23)3/h10-11,19,21,24-27,29-31H,3,5-9,12-18H2,1-2,4H3/b22-10+,23-11-/t19-,21-,24-,25-,26+,27+,28-/m1/s1. The summed E-state index contributed by atoms with van der Waals surface area (Å²) in [5.74, 6) is 2.67. The van der Waals surface area contributed by atoms with Crippen molar-refractivity contribution in [1.82, 2.24) is 0 Å². The first kappa shape index (κ1) is 24.7. The highest BCUT2D eigenvalue weighted by molar-refractivity contribution is 5.38. The molecular weight excluding hydrogens is 384 g/mol. The van der Waals surface area contributed by atoms with Crippen molar-refractivity contribution >= 4 is 0 Å². The lowest BCUT2D eigenvalue weighted by molar-refractivity contribution is 0.0615. The van der Waals surface area contributed by atoms with Crippen molar-refractivity contribution < 1.29 is 15.3 Å². The van der Waals surface area contributed by atoms with Gasteiger partial charge in [-0.2, -0.15) is 0 Å². The fourth-order valence-electron chi connectivity index (χ4n) is 7.24. The van der Waals surface area contributed by atoms with Gasteiger partial charge in [-0.15, -0.1) is 0 Å². The normalized spacial score (nSPS) is 38.5. The van der Waals surface area contributed by atoms with Crippen molar-refractivity contribution in [2.75, 3.05) is 6.61 Å². The SMILES string of the molecule is C=C1/C(=C\C=C2/CCC[C@]3(C)[C@@H]([C@H](C)[C@@H](CCO)CCCC)CC[C@@H]23)C[C@@H](O)C[C@@H]1O. The zero-order valence-electron chi connectivity index (χ0n) is 20.2. The minimum atomic E-state index is -0.617. The molecule has 3 N–H and O–H groups in total. The van der Waals surface area contributed by atoms with E-state index in [4.69, 9.17) is 0 Å². The number of aliphatic hydroxyl groups excluding tert-OH is 3. The second-order valence-corrected chi connectivity index (χ2v) is 10.9. The van der Waals surface area contributed by atoms with E-state index in [1.807, 2.05) is 0 Å². The van der Waals surface area contributed by atoms with Crippen LogP contribution in [0.2, 0.25) is 0 Å². The lowest BCUT2D eigenvalue weighted by atomic mass is 9.59. The van der Waals surface area contributed by atoms with E-state index >= 15 is 0 Å². The molecule has 0 aromatic heterocycles. The molecule has 7 atom stereocenters. The molecule has 0 aliphatic heterocycles. The molecule has 3 rings (SSSR count). The molecule has 3 aliphatic rings. The maximum absolute atomic E-state index is 10.2. The first-order valence-corrected chi connectivity index (χ1v) is 12.9. The van der Waals surface area contributed by atoms with Crippen molar-refractivity contribution in [3.05, 3.63) is 35.5 Å². The highest BCUT2D eigenvalue weighted by Gasteiger charge is 2.51. The molecule has 0 bridgehead atoms. The van der Waals surface area contributed by atoms with Gasteiger partial charge in [-0.05, 0) is 85.2 Å². The number of unbranched alkanes of at least 4 members (excludes halogenated alkanes) is 1. The molecule has 3 aliphatic carbocycles. The second-order valence-electron chi connectivity index (χ2n) is 10.9. The maximum Gasteiger partial charge on any atom is 0.0811 e. The first-order chi connectivity index (χ1) is 14.8. The molecule has 31 heavy (non-hydrogen) atoms. The Morgan fingerprint density at radius 2 is 1.97 bits per heavy atom. The summed E-state index contributed by atoms with van der Waals surface area (Å²) in [4.78, 5) is 0. The summed E-state index contributed by atoms with van der Waals surface area (Å²) in [5, 5.41) is 29.9. The summed E-state index contributed by atoms with van der Waals surface area (Å²) in [5.41, 5.74) is 3.70. The summed E-state index contributed by atoms with van der Waals surface area (Å²) in [6, 6.07) is 0. The van der Waals surface area contributed by atoms with Crippen LogP contribution in [-0.4, -0.2) is 34.1 Å². The van der Waals surface area contributed by atoms with Gasteiger partial charge in [0.25, 0.3) is 0 Å². The van der Waals surface area contributed by atoms with E-state index in [1.54, 1.807) is 5.57 Å². The van der Waals surface area contributed by atoms with Crippen LogP contribution in [-0.2, 0) is 0 Å². The number of hydrogen-bond donors (Lipinski definition) is 3. The van der Waals surface area contributed by atoms with Gasteiger partial charge >= 0.3 is 0 Å². The van der Waals surface area contributed by atoms with Crippen LogP contribution in [0.25, 0.3) is 0 Å². The van der Waals surface area contributed by atoms with Crippen molar-refractivity contribution in [3.63, 3.8) is 0 Å². The molecule has 3 fully saturated rings. The molecule has 0 amide bonds. The van der Waals surface area contributed by atoms with E-state index in [-0.39, 0.29) is 0 Å². The predicted molar refractivity (Wildman–Crippen MR) is 129 cm³/mol. The van der Waals surface area contributed by atoms with Crippen LogP contribution in [0, 0.1) is 29.1 Å². The van der Waals surface area contributed by atoms with E-state index in [2.05, 4.69) is 39.5 Å². The van der Waals surface area contributed by atoms with Crippen LogP contribution in [0.15, 0.2) is 35.5 Å². The number of aliphatic hydroxyl groups is 3. The molecule has 176 valence electrons. The Hall–Kier alpha value is -0.900. The van der Waals surface area contributed by atoms with Crippen LogP contribution in [0.4, 0.5) is 0 Å². The van der Waals surface area contributed by atoms with Gasteiger partial charge in [0.05, 0.1) is 12.2 Å². The minimum absolute atomic E-state index is 0.311. The Morgan fingerprint density at radius 3 is 2.68 bits per heavy atom. The van der Waals surface area contributed by atoms with Gasteiger partial charge in [0.1, 0.15) is 0 Å². The number of hydrogen-bond acceptors (Lipinski definition) is 3. The number of rotatable bonds is 8. The lowest BCUT2D eigenvalue weighted by Gasteiger charge is -2.46. The van der Waals surface area contributed by atoms with Gasteiger partial charge in [-0.3, -0.25) is 0 Å². The van der Waals surface area contributed by atoms with Crippen LogP contribution in [0.1, 0.15) is 91.4 Å². The third kappa shape index (κ3) is 5.37. The quantitative estimate of drug-likeness (QED) is 0.446. The zero-order valence-corrected chi connectivity index (χ0v) is 20.2. The Bertz CT molecular complexity index is 678. The molecule has 0 heterocycles. The largest absolute Gasteiger partial charge is 0.396 e. The minimum Gasteiger partial charge on any atom is -0.396 e. The van der Waals surface area contributed by atoms with E-state index in [9.17, 15) is 15.3 Å². The Balaban J connectivity index is 1.78. The topological polar surface area (TPSA) is 60.7 Å². The van der Waals surface area contributed by atoms with E-state index in [0.29, 0.717) is 42.6 Å². The molecule has 0 saturated heterocycles. The third-order valence-electron chi connectivity index (χ3n) is 9.11. The van der Waals surface area contributed by atoms with Gasteiger partial charge < -0.3 is 15.3 Å². The van der Waals surface area contributed by atoms with Gasteiger partial charge in [0, 0.05) is 13.0 Å². The van der Waals surface area contributed by atoms with Gasteiger partial charge in [0.15, 0.2) is 0 Å². The van der Waals surface area contributed by atoms with Gasteiger partial charge in [0.2, 0.25) is 0 Å². The molecule has 3 nitrogen and oxygen atoms in total. The second kappa shape index (κ2) is 10.8. The Labute approximate surface area is 190 Å². The van der Waals surface area contributed by atoms with Crippen molar-refractivity contribution in [3.8, 4) is 0 Å². The summed E-state index contributed by atoms with van der Waals surface area (Å²) in [6.45, 7) is 11.6. The van der Waals surface area contributed by atoms with Gasteiger partial charge in [-0.25, -0.2) is 0 Å².